The third-order valence-electron chi connectivity index (χ3n) is 4.34. The molecule has 0 saturated carbocycles. The third kappa shape index (κ3) is 4.01. The molecule has 4 rings (SSSR count). The summed E-state index contributed by atoms with van der Waals surface area (Å²) in [6, 6.07) is 17.3. The van der Waals surface area contributed by atoms with Crippen molar-refractivity contribution < 1.29 is 13.6 Å². The van der Waals surface area contributed by atoms with Gasteiger partial charge in [-0.2, -0.15) is 0 Å². The molecule has 0 spiro atoms. The van der Waals surface area contributed by atoms with Crippen LogP contribution >= 0.6 is 0 Å². The zero-order valence-electron chi connectivity index (χ0n) is 15.2. The minimum Gasteiger partial charge on any atom is -0.382 e. The van der Waals surface area contributed by atoms with Crippen molar-refractivity contribution in [1.82, 2.24) is 15.1 Å². The molecule has 0 saturated heterocycles. The number of rotatable bonds is 4. The van der Waals surface area contributed by atoms with E-state index in [0.29, 0.717) is 5.82 Å². The second-order valence-electron chi connectivity index (χ2n) is 6.45. The van der Waals surface area contributed by atoms with Crippen molar-refractivity contribution in [2.24, 2.45) is 0 Å². The summed E-state index contributed by atoms with van der Waals surface area (Å²) < 4.78 is 28.2. The van der Waals surface area contributed by atoms with Crippen molar-refractivity contribution in [3.63, 3.8) is 0 Å². The van der Waals surface area contributed by atoms with Crippen LogP contribution in [0.4, 0.5) is 25.1 Å². The van der Waals surface area contributed by atoms with Gasteiger partial charge in [-0.05, 0) is 42.0 Å². The number of nitrogen functional groups attached to an aromatic ring is 1. The number of hydrogen-bond acceptors (Lipinski definition) is 3. The largest absolute Gasteiger partial charge is 0.382 e. The first-order chi connectivity index (χ1) is 14.0. The average molecular weight is 393 g/mol. The summed E-state index contributed by atoms with van der Waals surface area (Å²) in [5, 5.41) is 10.3. The number of nitrogens with zero attached hydrogens (tertiary/aromatic N) is 2. The number of carbonyl (C=O) groups excluding carboxylic acids is 1. The Kier molecular flexibility index (Phi) is 4.82. The molecular weight excluding hydrogens is 376 g/mol. The van der Waals surface area contributed by atoms with Crippen LogP contribution in [0.15, 0.2) is 66.7 Å². The minimum atomic E-state index is -0.765. The molecule has 0 aliphatic carbocycles. The number of hydrogen-bond donors (Lipinski definition) is 3. The maximum Gasteiger partial charge on any atom is 0.319 e. The molecule has 0 radical (unpaired) electrons. The Morgan fingerprint density at radius 1 is 1.00 bits per heavy atom. The Labute approximate surface area is 164 Å². The van der Waals surface area contributed by atoms with Crippen LogP contribution in [-0.4, -0.2) is 15.8 Å². The fraction of sp³-hybridized carbons (Fsp3) is 0.0476. The predicted octanol–water partition coefficient (Wildman–Crippen LogP) is 4.21. The molecule has 146 valence electrons. The van der Waals surface area contributed by atoms with Gasteiger partial charge in [0.1, 0.15) is 11.6 Å². The van der Waals surface area contributed by atoms with Crippen LogP contribution in [0.1, 0.15) is 5.56 Å². The van der Waals surface area contributed by atoms with Gasteiger partial charge < -0.3 is 16.4 Å². The molecule has 29 heavy (non-hydrogen) atoms. The number of nitrogens with one attached hydrogen (secondary N) is 2. The van der Waals surface area contributed by atoms with Gasteiger partial charge in [0.25, 0.3) is 0 Å². The molecule has 0 atom stereocenters. The molecule has 3 aromatic carbocycles. The summed E-state index contributed by atoms with van der Waals surface area (Å²) in [5.41, 5.74) is 8.52. The van der Waals surface area contributed by atoms with Crippen LogP contribution < -0.4 is 16.4 Å². The van der Waals surface area contributed by atoms with E-state index in [0.717, 1.165) is 40.4 Å². The lowest BCUT2D eigenvalue weighted by molar-refractivity contribution is 0.251. The van der Waals surface area contributed by atoms with Gasteiger partial charge in [-0.1, -0.05) is 24.3 Å². The average Bonchev–Trinajstić information content (AvgIpc) is 3.03. The summed E-state index contributed by atoms with van der Waals surface area (Å²) in [7, 11) is 0. The van der Waals surface area contributed by atoms with Gasteiger partial charge in [0.15, 0.2) is 5.82 Å². The number of nitrogens with two attached hydrogens (primary N) is 1. The Morgan fingerprint density at radius 2 is 1.76 bits per heavy atom. The number of urea groups is 1. The second-order valence-corrected chi connectivity index (χ2v) is 6.45. The summed E-state index contributed by atoms with van der Waals surface area (Å²) in [6.07, 6.45) is 0. The number of para-hydroxylation sites is 1. The molecule has 1 heterocycles. The van der Waals surface area contributed by atoms with Crippen LogP contribution in [0.25, 0.3) is 16.6 Å². The van der Waals surface area contributed by atoms with Crippen molar-refractivity contribution >= 4 is 28.4 Å². The van der Waals surface area contributed by atoms with E-state index in [1.807, 2.05) is 48.5 Å². The normalized spacial score (nSPS) is 10.8. The lowest BCUT2D eigenvalue weighted by Gasteiger charge is -2.10. The molecule has 0 bridgehead atoms. The zero-order chi connectivity index (χ0) is 20.4. The van der Waals surface area contributed by atoms with Crippen molar-refractivity contribution in [2.75, 3.05) is 11.1 Å². The fourth-order valence-electron chi connectivity index (χ4n) is 3.07. The SMILES string of the molecule is Nc1nn(-c2cccc(CNC(=O)Nc3cc(F)cc(F)c3)c2)c2ccccc12. The predicted molar refractivity (Wildman–Crippen MR) is 108 cm³/mol. The first-order valence-electron chi connectivity index (χ1n) is 8.83. The van der Waals surface area contributed by atoms with E-state index in [-0.39, 0.29) is 12.2 Å². The summed E-state index contributed by atoms with van der Waals surface area (Å²) >= 11 is 0. The number of anilines is 2. The fourth-order valence-corrected chi connectivity index (χ4v) is 3.07. The third-order valence-corrected chi connectivity index (χ3v) is 4.34. The Balaban J connectivity index is 1.48. The molecule has 4 N–H and O–H groups in total. The first kappa shape index (κ1) is 18.4. The number of carbonyl (C=O) groups is 1. The molecule has 6 nitrogen and oxygen atoms in total. The van der Waals surface area contributed by atoms with Crippen LogP contribution in [0, 0.1) is 11.6 Å². The minimum absolute atomic E-state index is 0.0345. The highest BCUT2D eigenvalue weighted by molar-refractivity contribution is 5.90. The first-order valence-corrected chi connectivity index (χ1v) is 8.83. The van der Waals surface area contributed by atoms with E-state index in [9.17, 15) is 13.6 Å². The van der Waals surface area contributed by atoms with E-state index in [4.69, 9.17) is 5.73 Å². The standard InChI is InChI=1S/C21H17F2N5O/c22-14-9-15(23)11-16(10-14)26-21(29)25-12-13-4-3-5-17(8-13)28-19-7-2-1-6-18(19)20(24)27-28/h1-11H,12H2,(H2,24,27)(H2,25,26,29). The number of amides is 2. The highest BCUT2D eigenvalue weighted by atomic mass is 19.1. The molecular formula is C21H17F2N5O. The Hall–Kier alpha value is -3.94. The Morgan fingerprint density at radius 3 is 2.55 bits per heavy atom. The van der Waals surface area contributed by atoms with Crippen LogP contribution in [0.2, 0.25) is 0 Å². The molecule has 0 aliphatic heterocycles. The molecule has 2 amide bonds. The van der Waals surface area contributed by atoms with E-state index in [1.165, 1.54) is 0 Å². The van der Waals surface area contributed by atoms with E-state index in [2.05, 4.69) is 15.7 Å². The van der Waals surface area contributed by atoms with Crippen molar-refractivity contribution in [3.8, 4) is 5.69 Å². The van der Waals surface area contributed by atoms with Gasteiger partial charge >= 0.3 is 6.03 Å². The molecule has 1 aromatic heterocycles. The van der Waals surface area contributed by atoms with E-state index < -0.39 is 17.7 Å². The van der Waals surface area contributed by atoms with Crippen molar-refractivity contribution in [2.45, 2.75) is 6.54 Å². The molecule has 0 aliphatic rings. The molecule has 8 heteroatoms. The highest BCUT2D eigenvalue weighted by Crippen LogP contribution is 2.23. The summed E-state index contributed by atoms with van der Waals surface area (Å²) in [6.45, 7) is 0.214. The summed E-state index contributed by atoms with van der Waals surface area (Å²) in [4.78, 5) is 12.0. The van der Waals surface area contributed by atoms with Crippen molar-refractivity contribution in [1.29, 1.82) is 0 Å². The van der Waals surface area contributed by atoms with Gasteiger partial charge in [0, 0.05) is 23.7 Å². The molecule has 0 fully saturated rings. The second kappa shape index (κ2) is 7.59. The molecule has 0 unspecified atom stereocenters. The Bertz CT molecular complexity index is 1180. The summed E-state index contributed by atoms with van der Waals surface area (Å²) in [5.74, 6) is -1.09. The monoisotopic (exact) mass is 393 g/mol. The van der Waals surface area contributed by atoms with Crippen LogP contribution in [-0.2, 0) is 6.54 Å². The highest BCUT2D eigenvalue weighted by Gasteiger charge is 2.10. The quantitative estimate of drug-likeness (QED) is 0.486. The van der Waals surface area contributed by atoms with Crippen LogP contribution in [0.3, 0.4) is 0 Å². The zero-order valence-corrected chi connectivity index (χ0v) is 15.2. The van der Waals surface area contributed by atoms with Crippen molar-refractivity contribution in [3.05, 3.63) is 83.9 Å². The van der Waals surface area contributed by atoms with Gasteiger partial charge in [-0.15, -0.1) is 5.10 Å². The van der Waals surface area contributed by atoms with Gasteiger partial charge in [-0.25, -0.2) is 18.3 Å². The molecule has 4 aromatic rings. The van der Waals surface area contributed by atoms with Gasteiger partial charge in [0.05, 0.1) is 11.2 Å². The smallest absolute Gasteiger partial charge is 0.319 e. The number of halogens is 2. The maximum atomic E-state index is 13.2. The number of benzene rings is 3. The lowest BCUT2D eigenvalue weighted by Crippen LogP contribution is -2.28. The van der Waals surface area contributed by atoms with Gasteiger partial charge in [0.2, 0.25) is 0 Å². The van der Waals surface area contributed by atoms with Crippen LogP contribution in [0.5, 0.6) is 0 Å². The van der Waals surface area contributed by atoms with E-state index >= 15 is 0 Å². The van der Waals surface area contributed by atoms with Gasteiger partial charge in [-0.3, -0.25) is 0 Å². The number of fused-ring (bicyclic) bond motifs is 1. The van der Waals surface area contributed by atoms with E-state index in [1.54, 1.807) is 4.68 Å². The lowest BCUT2D eigenvalue weighted by atomic mass is 10.2. The maximum absolute atomic E-state index is 13.2. The number of aromatic nitrogens is 2. The topological polar surface area (TPSA) is 85.0 Å².